The number of amides is 2. The fraction of sp³-hybridized carbons (Fsp3) is 0.467. The first-order valence-electron chi connectivity index (χ1n) is 6.80. The summed E-state index contributed by atoms with van der Waals surface area (Å²) in [4.78, 5) is 23.3. The van der Waals surface area contributed by atoms with E-state index < -0.39 is 6.10 Å². The number of aliphatic hydroxyl groups is 1. The van der Waals surface area contributed by atoms with Crippen molar-refractivity contribution in [3.05, 3.63) is 29.8 Å². The highest BCUT2D eigenvalue weighted by Gasteiger charge is 2.14. The number of carbonyl (C=O) groups is 2. The summed E-state index contributed by atoms with van der Waals surface area (Å²) >= 11 is 0. The average Bonchev–Trinajstić information content (AvgIpc) is 2.39. The van der Waals surface area contributed by atoms with Crippen molar-refractivity contribution in [1.82, 2.24) is 5.32 Å². The lowest BCUT2D eigenvalue weighted by Crippen LogP contribution is -2.24. The van der Waals surface area contributed by atoms with Gasteiger partial charge in [-0.3, -0.25) is 9.59 Å². The van der Waals surface area contributed by atoms with E-state index >= 15 is 0 Å². The van der Waals surface area contributed by atoms with Crippen molar-refractivity contribution >= 4 is 17.5 Å². The molecule has 5 nitrogen and oxygen atoms in total. The first-order chi connectivity index (χ1) is 9.43. The van der Waals surface area contributed by atoms with Gasteiger partial charge in [-0.1, -0.05) is 13.8 Å². The SMILES string of the molecule is CCNC(=O)c1ccc(NC(=O)CC(O)C(C)C)cc1. The van der Waals surface area contributed by atoms with Gasteiger partial charge >= 0.3 is 0 Å². The van der Waals surface area contributed by atoms with Crippen molar-refractivity contribution in [1.29, 1.82) is 0 Å². The number of aliphatic hydroxyl groups excluding tert-OH is 1. The van der Waals surface area contributed by atoms with Gasteiger partial charge in [0.05, 0.1) is 12.5 Å². The van der Waals surface area contributed by atoms with Crippen LogP contribution in [0.4, 0.5) is 5.69 Å². The molecule has 0 saturated heterocycles. The number of benzene rings is 1. The molecule has 0 saturated carbocycles. The summed E-state index contributed by atoms with van der Waals surface area (Å²) in [5, 5.41) is 15.0. The highest BCUT2D eigenvalue weighted by Crippen LogP contribution is 2.12. The molecule has 0 aliphatic rings. The van der Waals surface area contributed by atoms with Crippen molar-refractivity contribution in [2.75, 3.05) is 11.9 Å². The van der Waals surface area contributed by atoms with Crippen molar-refractivity contribution in [3.63, 3.8) is 0 Å². The summed E-state index contributed by atoms with van der Waals surface area (Å²) in [6.07, 6.45) is -0.583. The first-order valence-corrected chi connectivity index (χ1v) is 6.80. The molecule has 110 valence electrons. The maximum absolute atomic E-state index is 11.7. The Kier molecular flexibility index (Phi) is 6.18. The van der Waals surface area contributed by atoms with Gasteiger partial charge in [0.2, 0.25) is 5.91 Å². The Balaban J connectivity index is 2.57. The molecule has 0 bridgehead atoms. The molecule has 0 heterocycles. The van der Waals surface area contributed by atoms with Crippen LogP contribution in [0.1, 0.15) is 37.6 Å². The Hall–Kier alpha value is -1.88. The monoisotopic (exact) mass is 278 g/mol. The Bertz CT molecular complexity index is 455. The number of rotatable bonds is 6. The lowest BCUT2D eigenvalue weighted by molar-refractivity contribution is -0.118. The third-order valence-corrected chi connectivity index (χ3v) is 2.93. The number of hydrogen-bond donors (Lipinski definition) is 3. The molecule has 0 radical (unpaired) electrons. The molecule has 1 aromatic rings. The molecule has 1 aromatic carbocycles. The Morgan fingerprint density at radius 1 is 1.20 bits per heavy atom. The lowest BCUT2D eigenvalue weighted by atomic mass is 10.0. The molecule has 1 unspecified atom stereocenters. The van der Waals surface area contributed by atoms with Crippen molar-refractivity contribution < 1.29 is 14.7 Å². The van der Waals surface area contributed by atoms with E-state index in [-0.39, 0.29) is 24.2 Å². The predicted octanol–water partition coefficient (Wildman–Crippen LogP) is 1.78. The van der Waals surface area contributed by atoms with Crippen LogP contribution in [0, 0.1) is 5.92 Å². The highest BCUT2D eigenvalue weighted by molar-refractivity contribution is 5.95. The second-order valence-electron chi connectivity index (χ2n) is 5.00. The smallest absolute Gasteiger partial charge is 0.251 e. The molecule has 1 atom stereocenters. The maximum atomic E-state index is 11.7. The Labute approximate surface area is 119 Å². The molecular weight excluding hydrogens is 256 g/mol. The largest absolute Gasteiger partial charge is 0.392 e. The van der Waals surface area contributed by atoms with Crippen LogP contribution in [0.2, 0.25) is 0 Å². The van der Waals surface area contributed by atoms with Gasteiger partial charge in [0.25, 0.3) is 5.91 Å². The van der Waals surface area contributed by atoms with Crippen LogP contribution >= 0.6 is 0 Å². The minimum atomic E-state index is -0.649. The van der Waals surface area contributed by atoms with Crippen LogP contribution in [0.3, 0.4) is 0 Å². The van der Waals surface area contributed by atoms with Crippen LogP contribution < -0.4 is 10.6 Å². The molecule has 0 fully saturated rings. The zero-order valence-electron chi connectivity index (χ0n) is 12.1. The molecule has 0 aliphatic carbocycles. The normalized spacial score (nSPS) is 12.1. The van der Waals surface area contributed by atoms with Crippen LogP contribution in [0.25, 0.3) is 0 Å². The van der Waals surface area contributed by atoms with Crippen molar-refractivity contribution in [3.8, 4) is 0 Å². The third-order valence-electron chi connectivity index (χ3n) is 2.93. The summed E-state index contributed by atoms with van der Waals surface area (Å²) in [7, 11) is 0. The fourth-order valence-corrected chi connectivity index (χ4v) is 1.61. The number of anilines is 1. The predicted molar refractivity (Wildman–Crippen MR) is 78.5 cm³/mol. The van der Waals surface area contributed by atoms with Gasteiger partial charge < -0.3 is 15.7 Å². The third kappa shape index (κ3) is 5.01. The molecule has 5 heteroatoms. The summed E-state index contributed by atoms with van der Waals surface area (Å²) in [5.41, 5.74) is 1.16. The molecule has 1 rings (SSSR count). The Morgan fingerprint density at radius 2 is 1.80 bits per heavy atom. The summed E-state index contributed by atoms with van der Waals surface area (Å²) in [5.74, 6) is -0.335. The standard InChI is InChI=1S/C15H22N2O3/c1-4-16-15(20)11-5-7-12(8-6-11)17-14(19)9-13(18)10(2)3/h5-8,10,13,18H,4,9H2,1-3H3,(H,16,20)(H,17,19). The molecular formula is C15H22N2O3. The molecule has 3 N–H and O–H groups in total. The fourth-order valence-electron chi connectivity index (χ4n) is 1.61. The van der Waals surface area contributed by atoms with E-state index in [0.29, 0.717) is 17.8 Å². The zero-order chi connectivity index (χ0) is 15.1. The lowest BCUT2D eigenvalue weighted by Gasteiger charge is -2.14. The van der Waals surface area contributed by atoms with Gasteiger partial charge in [0.15, 0.2) is 0 Å². The van der Waals surface area contributed by atoms with Gasteiger partial charge in [-0.25, -0.2) is 0 Å². The minimum absolute atomic E-state index is 0.0425. The van der Waals surface area contributed by atoms with E-state index in [2.05, 4.69) is 10.6 Å². The van der Waals surface area contributed by atoms with Gasteiger partial charge in [-0.05, 0) is 37.1 Å². The van der Waals surface area contributed by atoms with Crippen molar-refractivity contribution in [2.24, 2.45) is 5.92 Å². The topological polar surface area (TPSA) is 78.4 Å². The van der Waals surface area contributed by atoms with E-state index in [1.54, 1.807) is 24.3 Å². The van der Waals surface area contributed by atoms with Gasteiger partial charge in [-0.2, -0.15) is 0 Å². The van der Waals surface area contributed by atoms with Crippen LogP contribution in [0.5, 0.6) is 0 Å². The maximum Gasteiger partial charge on any atom is 0.251 e. The summed E-state index contributed by atoms with van der Waals surface area (Å²) in [6.45, 7) is 6.15. The van der Waals surface area contributed by atoms with Crippen LogP contribution in [-0.2, 0) is 4.79 Å². The van der Waals surface area contributed by atoms with Gasteiger partial charge in [0, 0.05) is 17.8 Å². The Morgan fingerprint density at radius 3 is 2.30 bits per heavy atom. The van der Waals surface area contributed by atoms with Crippen LogP contribution in [-0.4, -0.2) is 29.6 Å². The van der Waals surface area contributed by atoms with Crippen LogP contribution in [0.15, 0.2) is 24.3 Å². The highest BCUT2D eigenvalue weighted by atomic mass is 16.3. The molecule has 0 aliphatic heterocycles. The second-order valence-corrected chi connectivity index (χ2v) is 5.00. The number of nitrogens with one attached hydrogen (secondary N) is 2. The molecule has 0 aromatic heterocycles. The van der Waals surface area contributed by atoms with Crippen molar-refractivity contribution in [2.45, 2.75) is 33.3 Å². The van der Waals surface area contributed by atoms with E-state index in [0.717, 1.165) is 0 Å². The summed E-state index contributed by atoms with van der Waals surface area (Å²) in [6, 6.07) is 6.65. The number of hydrogen-bond acceptors (Lipinski definition) is 3. The first kappa shape index (κ1) is 16.2. The number of carbonyl (C=O) groups excluding carboxylic acids is 2. The van der Waals surface area contributed by atoms with E-state index in [1.807, 2.05) is 20.8 Å². The van der Waals surface area contributed by atoms with E-state index in [9.17, 15) is 14.7 Å². The molecule has 20 heavy (non-hydrogen) atoms. The average molecular weight is 278 g/mol. The van der Waals surface area contributed by atoms with E-state index in [4.69, 9.17) is 0 Å². The second kappa shape index (κ2) is 7.65. The zero-order valence-corrected chi connectivity index (χ0v) is 12.1. The molecule has 2 amide bonds. The van der Waals surface area contributed by atoms with Gasteiger partial charge in [0.1, 0.15) is 0 Å². The molecule has 0 spiro atoms. The minimum Gasteiger partial charge on any atom is -0.392 e. The summed E-state index contributed by atoms with van der Waals surface area (Å²) < 4.78 is 0. The van der Waals surface area contributed by atoms with E-state index in [1.165, 1.54) is 0 Å². The quantitative estimate of drug-likeness (QED) is 0.742. The van der Waals surface area contributed by atoms with Gasteiger partial charge in [-0.15, -0.1) is 0 Å².